The molecular weight excluding hydrogens is 218 g/mol. The third-order valence-corrected chi connectivity index (χ3v) is 2.24. The topological polar surface area (TPSA) is 89.9 Å². The summed E-state index contributed by atoms with van der Waals surface area (Å²) < 4.78 is 5.34. The van der Waals surface area contributed by atoms with E-state index in [1.165, 1.54) is 0 Å². The van der Waals surface area contributed by atoms with E-state index in [0.717, 1.165) is 11.3 Å². The molecule has 0 saturated carbocycles. The monoisotopic (exact) mass is 233 g/mol. The van der Waals surface area contributed by atoms with E-state index in [1.54, 1.807) is 0 Å². The van der Waals surface area contributed by atoms with Crippen molar-refractivity contribution in [1.82, 2.24) is 15.2 Å². The highest BCUT2D eigenvalue weighted by atomic mass is 16.4. The number of hydrogen-bond donors (Lipinski definition) is 2. The van der Waals surface area contributed by atoms with E-state index in [2.05, 4.69) is 20.5 Å². The van der Waals surface area contributed by atoms with Gasteiger partial charge in [0.2, 0.25) is 5.89 Å². The van der Waals surface area contributed by atoms with Gasteiger partial charge >= 0.3 is 6.01 Å². The Hall–Kier alpha value is -1.95. The Bertz CT molecular complexity index is 465. The Morgan fingerprint density at radius 2 is 2.24 bits per heavy atom. The quantitative estimate of drug-likeness (QED) is 0.797. The van der Waals surface area contributed by atoms with Gasteiger partial charge in [-0.2, -0.15) is 0 Å². The molecule has 90 valence electrons. The van der Waals surface area contributed by atoms with Crippen LogP contribution < -0.4 is 11.1 Å². The zero-order chi connectivity index (χ0) is 12.1. The Balaban J connectivity index is 1.90. The summed E-state index contributed by atoms with van der Waals surface area (Å²) in [4.78, 5) is 4.20. The van der Waals surface area contributed by atoms with Gasteiger partial charge in [0, 0.05) is 31.4 Å². The lowest BCUT2D eigenvalue weighted by atomic mass is 10.2. The van der Waals surface area contributed by atoms with Crippen LogP contribution >= 0.6 is 0 Å². The normalized spacial score (nSPS) is 10.5. The fourth-order valence-electron chi connectivity index (χ4n) is 1.33. The summed E-state index contributed by atoms with van der Waals surface area (Å²) >= 11 is 0. The predicted octanol–water partition coefficient (Wildman–Crippen LogP) is 0.886. The highest BCUT2D eigenvalue weighted by molar-refractivity contribution is 5.22. The second-order valence-corrected chi connectivity index (χ2v) is 3.70. The number of aryl methyl sites for hydroxylation is 1. The minimum atomic E-state index is 0.411. The van der Waals surface area contributed by atoms with E-state index >= 15 is 0 Å². The lowest BCUT2D eigenvalue weighted by Gasteiger charge is -2.01. The molecule has 2 aromatic heterocycles. The number of rotatable bonds is 5. The van der Waals surface area contributed by atoms with Crippen molar-refractivity contribution in [3.8, 4) is 0 Å². The van der Waals surface area contributed by atoms with Crippen LogP contribution in [0.3, 0.4) is 0 Å². The molecule has 0 aliphatic carbocycles. The summed E-state index contributed by atoms with van der Waals surface area (Å²) in [5, 5.41) is 10.8. The smallest absolute Gasteiger partial charge is 0.315 e. The van der Waals surface area contributed by atoms with Crippen LogP contribution in [0.1, 0.15) is 17.1 Å². The van der Waals surface area contributed by atoms with Crippen LogP contribution in [0.4, 0.5) is 6.01 Å². The first-order valence-corrected chi connectivity index (χ1v) is 5.46. The number of anilines is 1. The van der Waals surface area contributed by atoms with Gasteiger partial charge in [-0.1, -0.05) is 11.2 Å². The third-order valence-electron chi connectivity index (χ3n) is 2.24. The molecule has 0 spiro atoms. The summed E-state index contributed by atoms with van der Waals surface area (Å²) in [6.07, 6.45) is 2.42. The zero-order valence-electron chi connectivity index (χ0n) is 9.68. The standard InChI is InChI=1S/C11H15N5O/c1-8-2-3-9(6-13-8)7-14-11-16-15-10(17-11)4-5-12/h2-3,6H,4-5,7,12H2,1H3,(H,14,16). The van der Waals surface area contributed by atoms with Gasteiger partial charge in [0.05, 0.1) is 0 Å². The first kappa shape index (κ1) is 11.5. The van der Waals surface area contributed by atoms with Crippen molar-refractivity contribution in [3.63, 3.8) is 0 Å². The molecule has 6 heteroatoms. The van der Waals surface area contributed by atoms with Crippen LogP contribution in [0, 0.1) is 6.92 Å². The van der Waals surface area contributed by atoms with Crippen LogP contribution in [0.2, 0.25) is 0 Å². The lowest BCUT2D eigenvalue weighted by molar-refractivity contribution is 0.505. The summed E-state index contributed by atoms with van der Waals surface area (Å²) in [6, 6.07) is 4.38. The van der Waals surface area contributed by atoms with Crippen molar-refractivity contribution in [3.05, 3.63) is 35.5 Å². The summed E-state index contributed by atoms with van der Waals surface area (Å²) in [5.74, 6) is 0.553. The van der Waals surface area contributed by atoms with Crippen LogP contribution in [-0.2, 0) is 13.0 Å². The van der Waals surface area contributed by atoms with E-state index in [4.69, 9.17) is 10.2 Å². The van der Waals surface area contributed by atoms with Gasteiger partial charge in [-0.3, -0.25) is 4.98 Å². The second-order valence-electron chi connectivity index (χ2n) is 3.70. The second kappa shape index (κ2) is 5.40. The van der Waals surface area contributed by atoms with Gasteiger partial charge in [0.1, 0.15) is 0 Å². The molecule has 0 radical (unpaired) electrons. The fourth-order valence-corrected chi connectivity index (χ4v) is 1.33. The van der Waals surface area contributed by atoms with Crippen LogP contribution in [0.15, 0.2) is 22.7 Å². The number of pyridine rings is 1. The molecule has 0 saturated heterocycles. The van der Waals surface area contributed by atoms with Crippen molar-refractivity contribution in [1.29, 1.82) is 0 Å². The van der Waals surface area contributed by atoms with Crippen molar-refractivity contribution >= 4 is 6.01 Å². The first-order valence-electron chi connectivity index (χ1n) is 5.46. The summed E-state index contributed by atoms with van der Waals surface area (Å²) in [7, 11) is 0. The van der Waals surface area contributed by atoms with Gasteiger partial charge < -0.3 is 15.5 Å². The Labute approximate surface area is 99.3 Å². The van der Waals surface area contributed by atoms with Gasteiger partial charge in [0.15, 0.2) is 0 Å². The van der Waals surface area contributed by atoms with Crippen molar-refractivity contribution < 1.29 is 4.42 Å². The Morgan fingerprint density at radius 1 is 1.35 bits per heavy atom. The maximum atomic E-state index is 5.39. The van der Waals surface area contributed by atoms with Crippen molar-refractivity contribution in [2.75, 3.05) is 11.9 Å². The molecule has 0 aliphatic rings. The zero-order valence-corrected chi connectivity index (χ0v) is 9.68. The van der Waals surface area contributed by atoms with Crippen molar-refractivity contribution in [2.24, 2.45) is 5.73 Å². The number of nitrogens with two attached hydrogens (primary N) is 1. The van der Waals surface area contributed by atoms with Crippen LogP contribution in [0.5, 0.6) is 0 Å². The van der Waals surface area contributed by atoms with E-state index in [-0.39, 0.29) is 0 Å². The number of aromatic nitrogens is 3. The maximum Gasteiger partial charge on any atom is 0.315 e. The van der Waals surface area contributed by atoms with Gasteiger partial charge in [-0.25, -0.2) is 0 Å². The van der Waals surface area contributed by atoms with Crippen LogP contribution in [-0.4, -0.2) is 21.7 Å². The molecule has 0 fully saturated rings. The Kier molecular flexibility index (Phi) is 3.66. The lowest BCUT2D eigenvalue weighted by Crippen LogP contribution is -2.02. The van der Waals surface area contributed by atoms with E-state index in [9.17, 15) is 0 Å². The number of nitrogens with one attached hydrogen (secondary N) is 1. The highest BCUT2D eigenvalue weighted by Gasteiger charge is 2.04. The average molecular weight is 233 g/mol. The SMILES string of the molecule is Cc1ccc(CNc2nnc(CCN)o2)cn1. The average Bonchev–Trinajstić information content (AvgIpc) is 2.77. The molecule has 3 N–H and O–H groups in total. The molecule has 2 heterocycles. The molecule has 0 aromatic carbocycles. The largest absolute Gasteiger partial charge is 0.408 e. The van der Waals surface area contributed by atoms with E-state index < -0.39 is 0 Å². The molecule has 0 bridgehead atoms. The summed E-state index contributed by atoms with van der Waals surface area (Å²) in [5.41, 5.74) is 7.45. The molecule has 0 unspecified atom stereocenters. The minimum Gasteiger partial charge on any atom is -0.408 e. The van der Waals surface area contributed by atoms with Gasteiger partial charge in [0.25, 0.3) is 0 Å². The number of nitrogens with zero attached hydrogens (tertiary/aromatic N) is 3. The fraction of sp³-hybridized carbons (Fsp3) is 0.364. The van der Waals surface area contributed by atoms with E-state index in [0.29, 0.717) is 31.4 Å². The van der Waals surface area contributed by atoms with Crippen LogP contribution in [0.25, 0.3) is 0 Å². The molecular formula is C11H15N5O. The third kappa shape index (κ3) is 3.25. The van der Waals surface area contributed by atoms with Gasteiger partial charge in [-0.05, 0) is 18.6 Å². The Morgan fingerprint density at radius 3 is 2.94 bits per heavy atom. The molecule has 17 heavy (non-hydrogen) atoms. The molecule has 0 amide bonds. The summed E-state index contributed by atoms with van der Waals surface area (Å²) in [6.45, 7) is 3.06. The molecule has 0 aliphatic heterocycles. The maximum absolute atomic E-state index is 5.39. The molecule has 2 aromatic rings. The number of hydrogen-bond acceptors (Lipinski definition) is 6. The molecule has 6 nitrogen and oxygen atoms in total. The predicted molar refractivity (Wildman–Crippen MR) is 63.4 cm³/mol. The minimum absolute atomic E-state index is 0.411. The van der Waals surface area contributed by atoms with E-state index in [1.807, 2.05) is 25.3 Å². The van der Waals surface area contributed by atoms with Crippen molar-refractivity contribution in [2.45, 2.75) is 19.9 Å². The molecule has 2 rings (SSSR count). The molecule has 0 atom stereocenters. The first-order chi connectivity index (χ1) is 8.28. The highest BCUT2D eigenvalue weighted by Crippen LogP contribution is 2.08. The van der Waals surface area contributed by atoms with Gasteiger partial charge in [-0.15, -0.1) is 5.10 Å².